The van der Waals surface area contributed by atoms with Gasteiger partial charge in [-0.05, 0) is 18.2 Å². The maximum Gasteiger partial charge on any atom is 0.226 e. The molecule has 0 amide bonds. The van der Waals surface area contributed by atoms with Crippen LogP contribution in [0, 0.1) is 5.82 Å². The van der Waals surface area contributed by atoms with Gasteiger partial charge in [0, 0.05) is 29.2 Å². The second-order valence-electron chi connectivity index (χ2n) is 4.77. The largest absolute Gasteiger partial charge is 0.502 e. The van der Waals surface area contributed by atoms with Gasteiger partial charge in [0.05, 0.1) is 13.2 Å². The summed E-state index contributed by atoms with van der Waals surface area (Å²) in [7, 11) is 0. The lowest BCUT2D eigenvalue weighted by atomic mass is 10.2. The van der Waals surface area contributed by atoms with Crippen LogP contribution in [-0.2, 0) is 13.1 Å². The molecule has 0 bridgehead atoms. The number of rotatable bonds is 6. The van der Waals surface area contributed by atoms with Crippen molar-refractivity contribution in [2.45, 2.75) is 13.1 Å². The van der Waals surface area contributed by atoms with Crippen molar-refractivity contribution < 1.29 is 19.0 Å². The van der Waals surface area contributed by atoms with E-state index < -0.39 is 11.2 Å². The van der Waals surface area contributed by atoms with Crippen molar-refractivity contribution in [2.24, 2.45) is 0 Å². The summed E-state index contributed by atoms with van der Waals surface area (Å²) < 4.78 is 19.7. The molecule has 0 saturated carbocycles. The molecule has 2 rings (SSSR count). The number of benzene rings is 1. The number of halogens is 2. The fourth-order valence-corrected chi connectivity index (χ4v) is 2.42. The van der Waals surface area contributed by atoms with Gasteiger partial charge in [-0.3, -0.25) is 9.69 Å². The van der Waals surface area contributed by atoms with E-state index >= 15 is 0 Å². The first-order chi connectivity index (χ1) is 10.5. The summed E-state index contributed by atoms with van der Waals surface area (Å²) in [6.45, 7) is 0.632. The van der Waals surface area contributed by atoms with Crippen molar-refractivity contribution in [3.63, 3.8) is 0 Å². The zero-order valence-electron chi connectivity index (χ0n) is 11.6. The third-order valence-electron chi connectivity index (χ3n) is 3.06. The van der Waals surface area contributed by atoms with Crippen LogP contribution in [0.15, 0.2) is 44.2 Å². The minimum Gasteiger partial charge on any atom is -0.502 e. The minimum atomic E-state index is -0.543. The average molecular weight is 372 g/mol. The summed E-state index contributed by atoms with van der Waals surface area (Å²) in [5.41, 5.74) is -0.0808. The van der Waals surface area contributed by atoms with E-state index in [9.17, 15) is 9.18 Å². The molecule has 7 heteroatoms. The summed E-state index contributed by atoms with van der Waals surface area (Å²) in [4.78, 5) is 13.1. The number of nitrogens with zero attached hydrogens (tertiary/aromatic N) is 1. The Bertz CT molecular complexity index is 704. The molecule has 0 aliphatic heterocycles. The first kappa shape index (κ1) is 16.7. The first-order valence-electron chi connectivity index (χ1n) is 6.57. The van der Waals surface area contributed by atoms with Gasteiger partial charge in [-0.1, -0.05) is 15.9 Å². The molecule has 0 atom stereocenters. The monoisotopic (exact) mass is 371 g/mol. The summed E-state index contributed by atoms with van der Waals surface area (Å²) in [6.07, 6.45) is 0.967. The van der Waals surface area contributed by atoms with Crippen molar-refractivity contribution >= 4 is 15.9 Å². The van der Waals surface area contributed by atoms with E-state index in [-0.39, 0.29) is 32.1 Å². The molecule has 5 nitrogen and oxygen atoms in total. The molecule has 1 heterocycles. The quantitative estimate of drug-likeness (QED) is 0.814. The topological polar surface area (TPSA) is 73.9 Å². The normalized spacial score (nSPS) is 11.1. The summed E-state index contributed by atoms with van der Waals surface area (Å²) in [5.74, 6) is -0.486. The van der Waals surface area contributed by atoms with Gasteiger partial charge >= 0.3 is 0 Å². The highest BCUT2D eigenvalue weighted by Crippen LogP contribution is 2.18. The van der Waals surface area contributed by atoms with Crippen molar-refractivity contribution in [3.8, 4) is 5.75 Å². The molecule has 22 heavy (non-hydrogen) atoms. The van der Waals surface area contributed by atoms with Crippen molar-refractivity contribution in [1.29, 1.82) is 0 Å². The van der Waals surface area contributed by atoms with Gasteiger partial charge in [-0.25, -0.2) is 4.39 Å². The lowest BCUT2D eigenvalue weighted by Crippen LogP contribution is -2.27. The van der Waals surface area contributed by atoms with Gasteiger partial charge < -0.3 is 14.6 Å². The van der Waals surface area contributed by atoms with Crippen molar-refractivity contribution in [3.05, 3.63) is 62.4 Å². The standard InChI is InChI=1S/C15H15BrFNO4/c16-11-1-2-13(17)10(5-11)7-18(3-4-19)8-12-6-14(20)15(21)9-22-12/h1-2,5-6,9,19,21H,3-4,7-8H2. The first-order valence-corrected chi connectivity index (χ1v) is 7.36. The second-order valence-corrected chi connectivity index (χ2v) is 5.68. The lowest BCUT2D eigenvalue weighted by molar-refractivity contribution is 0.172. The molecule has 2 N–H and O–H groups in total. The zero-order chi connectivity index (χ0) is 16.1. The molecule has 0 aliphatic carbocycles. The molecule has 1 aromatic carbocycles. The Morgan fingerprint density at radius 2 is 2.05 bits per heavy atom. The molecule has 2 aromatic rings. The minimum absolute atomic E-state index is 0.113. The third kappa shape index (κ3) is 4.40. The van der Waals surface area contributed by atoms with Gasteiger partial charge in [-0.2, -0.15) is 0 Å². The SMILES string of the molecule is O=c1cc(CN(CCO)Cc2cc(Br)ccc2F)occ1O. The Balaban J connectivity index is 2.17. The molecule has 0 aliphatic rings. The summed E-state index contributed by atoms with van der Waals surface area (Å²) >= 11 is 3.29. The molecule has 0 fully saturated rings. The molecule has 1 aromatic heterocycles. The van der Waals surface area contributed by atoms with Crippen LogP contribution < -0.4 is 5.43 Å². The molecule has 118 valence electrons. The number of aliphatic hydroxyl groups is 1. The number of aliphatic hydroxyl groups excluding tert-OH is 1. The third-order valence-corrected chi connectivity index (χ3v) is 3.56. The van der Waals surface area contributed by atoms with E-state index in [2.05, 4.69) is 15.9 Å². The molecular formula is C15H15BrFNO4. The van der Waals surface area contributed by atoms with Crippen LogP contribution in [0.5, 0.6) is 5.75 Å². The molecular weight excluding hydrogens is 357 g/mol. The average Bonchev–Trinajstić information content (AvgIpc) is 2.47. The van der Waals surface area contributed by atoms with E-state index in [1.807, 2.05) is 0 Å². The Labute approximate surface area is 134 Å². The van der Waals surface area contributed by atoms with Crippen molar-refractivity contribution in [1.82, 2.24) is 4.90 Å². The van der Waals surface area contributed by atoms with Crippen LogP contribution in [0.25, 0.3) is 0 Å². The summed E-state index contributed by atoms with van der Waals surface area (Å²) in [6, 6.07) is 5.80. The van der Waals surface area contributed by atoms with Crippen LogP contribution in [-0.4, -0.2) is 28.3 Å². The van der Waals surface area contributed by atoms with Gasteiger partial charge in [-0.15, -0.1) is 0 Å². The fraction of sp³-hybridized carbons (Fsp3) is 0.267. The Morgan fingerprint density at radius 3 is 2.73 bits per heavy atom. The molecule has 0 radical (unpaired) electrons. The predicted molar refractivity (Wildman–Crippen MR) is 81.9 cm³/mol. The van der Waals surface area contributed by atoms with Crippen LogP contribution in [0.1, 0.15) is 11.3 Å². The van der Waals surface area contributed by atoms with Crippen LogP contribution in [0.3, 0.4) is 0 Å². The predicted octanol–water partition coefficient (Wildman–Crippen LogP) is 2.24. The highest BCUT2D eigenvalue weighted by Gasteiger charge is 2.12. The van der Waals surface area contributed by atoms with Crippen LogP contribution in [0.2, 0.25) is 0 Å². The number of hydrogen-bond acceptors (Lipinski definition) is 5. The van der Waals surface area contributed by atoms with E-state index in [0.717, 1.165) is 10.7 Å². The smallest absolute Gasteiger partial charge is 0.226 e. The lowest BCUT2D eigenvalue weighted by Gasteiger charge is -2.21. The van der Waals surface area contributed by atoms with Gasteiger partial charge in [0.2, 0.25) is 5.43 Å². The number of hydrogen-bond donors (Lipinski definition) is 2. The van der Waals surface area contributed by atoms with E-state index in [4.69, 9.17) is 14.6 Å². The van der Waals surface area contributed by atoms with E-state index in [1.165, 1.54) is 12.1 Å². The van der Waals surface area contributed by atoms with Gasteiger partial charge in [0.25, 0.3) is 0 Å². The molecule has 0 spiro atoms. The maximum atomic E-state index is 13.8. The number of aromatic hydroxyl groups is 1. The highest BCUT2D eigenvalue weighted by atomic mass is 79.9. The van der Waals surface area contributed by atoms with Crippen LogP contribution in [0.4, 0.5) is 4.39 Å². The maximum absolute atomic E-state index is 13.8. The van der Waals surface area contributed by atoms with Crippen molar-refractivity contribution in [2.75, 3.05) is 13.2 Å². The van der Waals surface area contributed by atoms with E-state index in [0.29, 0.717) is 11.3 Å². The van der Waals surface area contributed by atoms with E-state index in [1.54, 1.807) is 17.0 Å². The van der Waals surface area contributed by atoms with Gasteiger partial charge in [0.1, 0.15) is 17.8 Å². The van der Waals surface area contributed by atoms with Crippen LogP contribution >= 0.6 is 15.9 Å². The zero-order valence-corrected chi connectivity index (χ0v) is 13.2. The Morgan fingerprint density at radius 1 is 1.27 bits per heavy atom. The van der Waals surface area contributed by atoms with Gasteiger partial charge in [0.15, 0.2) is 5.75 Å². The second kappa shape index (κ2) is 7.53. The molecule has 0 saturated heterocycles. The fourth-order valence-electron chi connectivity index (χ4n) is 2.01. The Hall–Kier alpha value is -1.70. The molecule has 0 unspecified atom stereocenters. The Kier molecular flexibility index (Phi) is 5.70. The summed E-state index contributed by atoms with van der Waals surface area (Å²) in [5, 5.41) is 18.3. The highest BCUT2D eigenvalue weighted by molar-refractivity contribution is 9.10.